The van der Waals surface area contributed by atoms with Gasteiger partial charge in [0.15, 0.2) is 11.0 Å². The van der Waals surface area contributed by atoms with Crippen LogP contribution in [0.15, 0.2) is 84.0 Å². The van der Waals surface area contributed by atoms with Crippen LogP contribution in [0.5, 0.6) is 0 Å². The van der Waals surface area contributed by atoms with Gasteiger partial charge in [-0.3, -0.25) is 9.36 Å². The summed E-state index contributed by atoms with van der Waals surface area (Å²) in [6.07, 6.45) is 0. The topological polar surface area (TPSA) is 51.0 Å². The number of rotatable bonds is 7. The summed E-state index contributed by atoms with van der Waals surface area (Å²) in [7, 11) is 0. The van der Waals surface area contributed by atoms with Gasteiger partial charge in [0.05, 0.1) is 5.75 Å². The van der Waals surface area contributed by atoms with Crippen LogP contribution in [0.2, 0.25) is 0 Å². The molecule has 0 saturated carbocycles. The molecule has 0 saturated heterocycles. The Morgan fingerprint density at radius 3 is 2.24 bits per heavy atom. The van der Waals surface area contributed by atoms with Gasteiger partial charge in [-0.05, 0) is 57.5 Å². The second kappa shape index (κ2) is 10.0. The summed E-state index contributed by atoms with van der Waals surface area (Å²) in [5, 5.41) is 9.71. The monoisotopic (exact) mass is 456 g/mol. The molecule has 0 aliphatic heterocycles. The van der Waals surface area contributed by atoms with E-state index >= 15 is 0 Å². The van der Waals surface area contributed by atoms with E-state index in [2.05, 4.69) is 60.4 Å². The fraction of sp³-hybridized carbons (Fsp3) is 0.222. The van der Waals surface area contributed by atoms with E-state index in [9.17, 15) is 4.79 Å². The second-order valence-electron chi connectivity index (χ2n) is 8.27. The maximum atomic E-state index is 13.2. The zero-order valence-electron chi connectivity index (χ0n) is 19.4. The molecule has 33 heavy (non-hydrogen) atoms. The van der Waals surface area contributed by atoms with Crippen LogP contribution in [0.3, 0.4) is 0 Å². The molecule has 0 aliphatic carbocycles. The molecule has 0 N–H and O–H groups in total. The molecule has 6 heteroatoms. The summed E-state index contributed by atoms with van der Waals surface area (Å²) in [6.45, 7) is 8.19. The molecule has 1 aromatic heterocycles. The van der Waals surface area contributed by atoms with Crippen LogP contribution in [0.4, 0.5) is 5.69 Å². The van der Waals surface area contributed by atoms with Gasteiger partial charge in [-0.2, -0.15) is 0 Å². The minimum absolute atomic E-state index is 0.0390. The molecule has 0 spiro atoms. The standard InChI is InChI=1S/C27H28N4OS/c1-19(2)30(22-11-6-5-7-12-22)25(32)18-33-27-29-28-26(24-13-9-8-10-21(24)4)31(27)23-16-14-20(3)15-17-23/h5-17,19H,18H2,1-4H3. The first-order chi connectivity index (χ1) is 16.0. The number of carbonyl (C=O) groups is 1. The number of para-hydroxylation sites is 1. The third-order valence-electron chi connectivity index (χ3n) is 5.46. The maximum absolute atomic E-state index is 13.2. The van der Waals surface area contributed by atoms with E-state index in [4.69, 9.17) is 0 Å². The minimum Gasteiger partial charge on any atom is -0.309 e. The van der Waals surface area contributed by atoms with E-state index in [-0.39, 0.29) is 17.7 Å². The number of carbonyl (C=O) groups excluding carboxylic acids is 1. The van der Waals surface area contributed by atoms with Gasteiger partial charge in [0, 0.05) is 23.0 Å². The number of aryl methyl sites for hydroxylation is 2. The quantitative estimate of drug-likeness (QED) is 0.316. The van der Waals surface area contributed by atoms with Crippen LogP contribution in [0.25, 0.3) is 17.1 Å². The lowest BCUT2D eigenvalue weighted by Crippen LogP contribution is -2.38. The van der Waals surface area contributed by atoms with E-state index in [0.717, 1.165) is 28.3 Å². The molecular weight excluding hydrogens is 428 g/mol. The van der Waals surface area contributed by atoms with Crippen molar-refractivity contribution < 1.29 is 4.79 Å². The predicted molar refractivity (Wildman–Crippen MR) is 136 cm³/mol. The zero-order valence-corrected chi connectivity index (χ0v) is 20.2. The fourth-order valence-corrected chi connectivity index (χ4v) is 4.61. The summed E-state index contributed by atoms with van der Waals surface area (Å²) in [5.41, 5.74) is 5.21. The summed E-state index contributed by atoms with van der Waals surface area (Å²) < 4.78 is 2.04. The summed E-state index contributed by atoms with van der Waals surface area (Å²) in [5.74, 6) is 1.08. The zero-order chi connectivity index (χ0) is 23.4. The number of nitrogens with zero attached hydrogens (tertiary/aromatic N) is 4. The third-order valence-corrected chi connectivity index (χ3v) is 6.37. The van der Waals surface area contributed by atoms with E-state index in [0.29, 0.717) is 5.16 Å². The number of amides is 1. The van der Waals surface area contributed by atoms with Crippen molar-refractivity contribution >= 4 is 23.4 Å². The average Bonchev–Trinajstić information content (AvgIpc) is 3.23. The van der Waals surface area contributed by atoms with Crippen molar-refractivity contribution in [3.63, 3.8) is 0 Å². The van der Waals surface area contributed by atoms with Gasteiger partial charge < -0.3 is 4.90 Å². The molecule has 1 amide bonds. The fourth-order valence-electron chi connectivity index (χ4n) is 3.80. The molecule has 5 nitrogen and oxygen atoms in total. The third kappa shape index (κ3) is 5.01. The Morgan fingerprint density at radius 1 is 0.909 bits per heavy atom. The van der Waals surface area contributed by atoms with E-state index in [1.165, 1.54) is 17.3 Å². The molecule has 4 aromatic rings. The molecule has 1 heterocycles. The van der Waals surface area contributed by atoms with Gasteiger partial charge in [0.1, 0.15) is 0 Å². The average molecular weight is 457 g/mol. The SMILES string of the molecule is Cc1ccc(-n2c(SCC(=O)N(c3ccccc3)C(C)C)nnc2-c2ccccc2C)cc1. The molecule has 0 fully saturated rings. The minimum atomic E-state index is 0.0390. The van der Waals surface area contributed by atoms with Crippen molar-refractivity contribution in [1.82, 2.24) is 14.8 Å². The van der Waals surface area contributed by atoms with Gasteiger partial charge >= 0.3 is 0 Å². The molecular formula is C27H28N4OS. The highest BCUT2D eigenvalue weighted by molar-refractivity contribution is 7.99. The van der Waals surface area contributed by atoms with Crippen molar-refractivity contribution in [3.8, 4) is 17.1 Å². The lowest BCUT2D eigenvalue weighted by atomic mass is 10.1. The summed E-state index contributed by atoms with van der Waals surface area (Å²) in [6, 6.07) is 26.3. The molecule has 4 rings (SSSR count). The Labute approximate surface area is 199 Å². The van der Waals surface area contributed by atoms with E-state index < -0.39 is 0 Å². The van der Waals surface area contributed by atoms with Crippen LogP contribution >= 0.6 is 11.8 Å². The van der Waals surface area contributed by atoms with Gasteiger partial charge in [-0.25, -0.2) is 0 Å². The number of benzene rings is 3. The van der Waals surface area contributed by atoms with Gasteiger partial charge in [-0.15, -0.1) is 10.2 Å². The predicted octanol–water partition coefficient (Wildman–Crippen LogP) is 6.08. The van der Waals surface area contributed by atoms with Crippen molar-refractivity contribution in [2.24, 2.45) is 0 Å². The number of hydrogen-bond acceptors (Lipinski definition) is 4. The molecule has 3 aromatic carbocycles. The molecule has 0 radical (unpaired) electrons. The highest BCUT2D eigenvalue weighted by Gasteiger charge is 2.22. The van der Waals surface area contributed by atoms with E-state index in [1.807, 2.05) is 65.8 Å². The highest BCUT2D eigenvalue weighted by Crippen LogP contribution is 2.30. The number of hydrogen-bond donors (Lipinski definition) is 0. The molecule has 0 unspecified atom stereocenters. The molecule has 0 atom stereocenters. The van der Waals surface area contributed by atoms with Crippen LogP contribution < -0.4 is 4.90 Å². The first-order valence-electron chi connectivity index (χ1n) is 11.0. The van der Waals surface area contributed by atoms with Crippen LogP contribution in [0, 0.1) is 13.8 Å². The van der Waals surface area contributed by atoms with E-state index in [1.54, 1.807) is 0 Å². The summed E-state index contributed by atoms with van der Waals surface area (Å²) >= 11 is 1.41. The summed E-state index contributed by atoms with van der Waals surface area (Å²) in [4.78, 5) is 15.1. The van der Waals surface area contributed by atoms with Crippen LogP contribution in [-0.2, 0) is 4.79 Å². The Hall–Kier alpha value is -3.38. The second-order valence-corrected chi connectivity index (χ2v) is 9.22. The van der Waals surface area contributed by atoms with Gasteiger partial charge in [0.2, 0.25) is 5.91 Å². The molecule has 0 bridgehead atoms. The normalized spacial score (nSPS) is 11.1. The molecule has 0 aliphatic rings. The van der Waals surface area contributed by atoms with Crippen molar-refractivity contribution in [2.45, 2.75) is 38.9 Å². The Kier molecular flexibility index (Phi) is 6.94. The lowest BCUT2D eigenvalue weighted by Gasteiger charge is -2.26. The number of anilines is 1. The van der Waals surface area contributed by atoms with Gasteiger partial charge in [0.25, 0.3) is 0 Å². The Bertz CT molecular complexity index is 1230. The van der Waals surface area contributed by atoms with Crippen molar-refractivity contribution in [1.29, 1.82) is 0 Å². The first kappa shape index (κ1) is 22.8. The van der Waals surface area contributed by atoms with Crippen LogP contribution in [0.1, 0.15) is 25.0 Å². The Morgan fingerprint density at radius 2 is 1.58 bits per heavy atom. The number of thioether (sulfide) groups is 1. The largest absolute Gasteiger partial charge is 0.309 e. The molecule has 168 valence electrons. The smallest absolute Gasteiger partial charge is 0.237 e. The number of aromatic nitrogens is 3. The van der Waals surface area contributed by atoms with Crippen molar-refractivity contribution in [2.75, 3.05) is 10.7 Å². The highest BCUT2D eigenvalue weighted by atomic mass is 32.2. The first-order valence-corrected chi connectivity index (χ1v) is 12.0. The van der Waals surface area contributed by atoms with Crippen molar-refractivity contribution in [3.05, 3.63) is 90.0 Å². The lowest BCUT2D eigenvalue weighted by molar-refractivity contribution is -0.116. The van der Waals surface area contributed by atoms with Gasteiger partial charge in [-0.1, -0.05) is 71.9 Å². The maximum Gasteiger partial charge on any atom is 0.237 e. The van der Waals surface area contributed by atoms with Crippen LogP contribution in [-0.4, -0.2) is 32.5 Å². The Balaban J connectivity index is 1.67.